The Kier molecular flexibility index (Phi) is 3.14. The van der Waals surface area contributed by atoms with E-state index in [0.717, 1.165) is 24.7 Å². The molecule has 0 atom stereocenters. The van der Waals surface area contributed by atoms with E-state index in [4.69, 9.17) is 4.52 Å². The maximum atomic E-state index is 5.16. The van der Waals surface area contributed by atoms with Gasteiger partial charge in [-0.3, -0.25) is 4.90 Å². The van der Waals surface area contributed by atoms with E-state index in [1.807, 2.05) is 6.92 Å². The maximum absolute atomic E-state index is 5.16. The summed E-state index contributed by atoms with van der Waals surface area (Å²) in [6, 6.07) is 0. The Labute approximate surface area is 84.3 Å². The van der Waals surface area contributed by atoms with E-state index in [2.05, 4.69) is 15.0 Å². The second kappa shape index (κ2) is 4.55. The van der Waals surface area contributed by atoms with Crippen molar-refractivity contribution in [3.8, 4) is 0 Å². The van der Waals surface area contributed by atoms with Crippen LogP contribution in [-0.2, 0) is 13.0 Å². The van der Waals surface area contributed by atoms with Crippen LogP contribution in [0, 0.1) is 0 Å². The van der Waals surface area contributed by atoms with E-state index >= 15 is 0 Å². The van der Waals surface area contributed by atoms with Crippen LogP contribution in [0.15, 0.2) is 4.52 Å². The molecule has 78 valence electrons. The summed E-state index contributed by atoms with van der Waals surface area (Å²) in [5.74, 6) is 1.58. The summed E-state index contributed by atoms with van der Waals surface area (Å²) < 4.78 is 5.16. The van der Waals surface area contributed by atoms with Gasteiger partial charge in [0, 0.05) is 6.42 Å². The number of aromatic nitrogens is 2. The van der Waals surface area contributed by atoms with Crippen molar-refractivity contribution in [3.63, 3.8) is 0 Å². The van der Waals surface area contributed by atoms with Gasteiger partial charge < -0.3 is 4.52 Å². The number of nitrogens with zero attached hydrogens (tertiary/aromatic N) is 3. The number of piperidine rings is 1. The second-order valence-corrected chi connectivity index (χ2v) is 3.79. The zero-order valence-corrected chi connectivity index (χ0v) is 8.70. The van der Waals surface area contributed by atoms with Crippen LogP contribution in [-0.4, -0.2) is 28.1 Å². The Morgan fingerprint density at radius 2 is 2.07 bits per heavy atom. The van der Waals surface area contributed by atoms with Crippen molar-refractivity contribution in [2.24, 2.45) is 0 Å². The van der Waals surface area contributed by atoms with Gasteiger partial charge in [-0.25, -0.2) is 0 Å². The smallest absolute Gasteiger partial charge is 0.240 e. The monoisotopic (exact) mass is 195 g/mol. The topological polar surface area (TPSA) is 42.2 Å². The van der Waals surface area contributed by atoms with Crippen molar-refractivity contribution < 1.29 is 4.52 Å². The molecule has 1 aliphatic heterocycles. The molecule has 1 aromatic rings. The number of aryl methyl sites for hydroxylation is 1. The molecule has 0 amide bonds. The second-order valence-electron chi connectivity index (χ2n) is 3.79. The summed E-state index contributed by atoms with van der Waals surface area (Å²) in [7, 11) is 0. The lowest BCUT2D eigenvalue weighted by atomic mass is 10.1. The number of likely N-dealkylation sites (tertiary alicyclic amines) is 1. The van der Waals surface area contributed by atoms with Gasteiger partial charge in [0.15, 0.2) is 5.82 Å². The number of hydrogen-bond acceptors (Lipinski definition) is 4. The third-order valence-electron chi connectivity index (χ3n) is 2.63. The fourth-order valence-corrected chi connectivity index (χ4v) is 1.81. The zero-order valence-electron chi connectivity index (χ0n) is 8.70. The average molecular weight is 195 g/mol. The summed E-state index contributed by atoms with van der Waals surface area (Å²) >= 11 is 0. The van der Waals surface area contributed by atoms with E-state index in [0.29, 0.717) is 0 Å². The molecule has 0 bridgehead atoms. The standard InChI is InChI=1S/C10H17N3O/c1-2-9-11-10(14-12-9)8-13-6-4-3-5-7-13/h2-8H2,1H3. The fraction of sp³-hybridized carbons (Fsp3) is 0.800. The predicted octanol–water partition coefficient (Wildman–Crippen LogP) is 1.62. The molecule has 0 radical (unpaired) electrons. The SMILES string of the molecule is CCc1noc(CN2CCCCC2)n1. The molecule has 4 nitrogen and oxygen atoms in total. The maximum Gasteiger partial charge on any atom is 0.240 e. The summed E-state index contributed by atoms with van der Waals surface area (Å²) in [4.78, 5) is 6.69. The molecular formula is C10H17N3O. The average Bonchev–Trinajstić information content (AvgIpc) is 2.67. The molecule has 1 saturated heterocycles. The van der Waals surface area contributed by atoms with Crippen LogP contribution in [0.2, 0.25) is 0 Å². The molecule has 0 unspecified atom stereocenters. The quantitative estimate of drug-likeness (QED) is 0.735. The molecular weight excluding hydrogens is 178 g/mol. The lowest BCUT2D eigenvalue weighted by Gasteiger charge is -2.24. The molecule has 0 aromatic carbocycles. The Balaban J connectivity index is 1.89. The molecule has 1 aromatic heterocycles. The van der Waals surface area contributed by atoms with Crippen molar-refractivity contribution in [3.05, 3.63) is 11.7 Å². The highest BCUT2D eigenvalue weighted by molar-refractivity contribution is 4.85. The lowest BCUT2D eigenvalue weighted by molar-refractivity contribution is 0.193. The minimum atomic E-state index is 0.767. The molecule has 0 spiro atoms. The van der Waals surface area contributed by atoms with Crippen molar-refractivity contribution in [1.82, 2.24) is 15.0 Å². The minimum absolute atomic E-state index is 0.767. The zero-order chi connectivity index (χ0) is 9.80. The van der Waals surface area contributed by atoms with Gasteiger partial charge in [-0.1, -0.05) is 18.5 Å². The Bertz CT molecular complexity index is 279. The van der Waals surface area contributed by atoms with Gasteiger partial charge in [-0.2, -0.15) is 4.98 Å². The van der Waals surface area contributed by atoms with Gasteiger partial charge in [0.25, 0.3) is 0 Å². The Morgan fingerprint density at radius 3 is 2.71 bits per heavy atom. The summed E-state index contributed by atoms with van der Waals surface area (Å²) in [6.45, 7) is 5.20. The van der Waals surface area contributed by atoms with Crippen LogP contribution in [0.3, 0.4) is 0 Å². The first-order chi connectivity index (χ1) is 6.88. The van der Waals surface area contributed by atoms with Crippen LogP contribution in [0.4, 0.5) is 0 Å². The van der Waals surface area contributed by atoms with Gasteiger partial charge in [0.1, 0.15) is 0 Å². The third kappa shape index (κ3) is 2.32. The van der Waals surface area contributed by atoms with Crippen molar-refractivity contribution in [1.29, 1.82) is 0 Å². The van der Waals surface area contributed by atoms with Crippen molar-refractivity contribution >= 4 is 0 Å². The lowest BCUT2D eigenvalue weighted by Crippen LogP contribution is -2.29. The van der Waals surface area contributed by atoms with E-state index in [9.17, 15) is 0 Å². The minimum Gasteiger partial charge on any atom is -0.338 e. The highest BCUT2D eigenvalue weighted by atomic mass is 16.5. The van der Waals surface area contributed by atoms with E-state index in [1.54, 1.807) is 0 Å². The summed E-state index contributed by atoms with van der Waals surface area (Å²) in [6.07, 6.45) is 4.81. The van der Waals surface area contributed by atoms with Gasteiger partial charge in [0.2, 0.25) is 5.89 Å². The van der Waals surface area contributed by atoms with E-state index in [1.165, 1.54) is 32.4 Å². The molecule has 0 saturated carbocycles. The molecule has 1 aliphatic rings. The number of rotatable bonds is 3. The first kappa shape index (κ1) is 9.65. The van der Waals surface area contributed by atoms with Gasteiger partial charge >= 0.3 is 0 Å². The Hall–Kier alpha value is -0.900. The van der Waals surface area contributed by atoms with Gasteiger partial charge in [-0.15, -0.1) is 0 Å². The fourth-order valence-electron chi connectivity index (χ4n) is 1.81. The molecule has 2 rings (SSSR count). The highest BCUT2D eigenvalue weighted by Gasteiger charge is 2.13. The van der Waals surface area contributed by atoms with E-state index in [-0.39, 0.29) is 0 Å². The van der Waals surface area contributed by atoms with Crippen LogP contribution >= 0.6 is 0 Å². The molecule has 1 fully saturated rings. The predicted molar refractivity (Wildman–Crippen MR) is 52.8 cm³/mol. The first-order valence-corrected chi connectivity index (χ1v) is 5.42. The largest absolute Gasteiger partial charge is 0.338 e. The Morgan fingerprint density at radius 1 is 1.29 bits per heavy atom. The molecule has 0 N–H and O–H groups in total. The van der Waals surface area contributed by atoms with Crippen LogP contribution in [0.1, 0.15) is 37.9 Å². The molecule has 0 aliphatic carbocycles. The summed E-state index contributed by atoms with van der Waals surface area (Å²) in [5, 5.41) is 3.89. The molecule has 2 heterocycles. The number of hydrogen-bond donors (Lipinski definition) is 0. The van der Waals surface area contributed by atoms with Crippen LogP contribution in [0.25, 0.3) is 0 Å². The third-order valence-corrected chi connectivity index (χ3v) is 2.63. The molecule has 4 heteroatoms. The van der Waals surface area contributed by atoms with E-state index < -0.39 is 0 Å². The highest BCUT2D eigenvalue weighted by Crippen LogP contribution is 2.11. The van der Waals surface area contributed by atoms with Crippen LogP contribution < -0.4 is 0 Å². The van der Waals surface area contributed by atoms with Gasteiger partial charge in [0.05, 0.1) is 6.54 Å². The van der Waals surface area contributed by atoms with Crippen LogP contribution in [0.5, 0.6) is 0 Å². The van der Waals surface area contributed by atoms with Crippen molar-refractivity contribution in [2.75, 3.05) is 13.1 Å². The normalized spacial score (nSPS) is 18.6. The first-order valence-electron chi connectivity index (χ1n) is 5.42. The molecule has 14 heavy (non-hydrogen) atoms. The summed E-state index contributed by atoms with van der Waals surface area (Å²) in [5.41, 5.74) is 0. The van der Waals surface area contributed by atoms with Crippen molar-refractivity contribution in [2.45, 2.75) is 39.2 Å². The van der Waals surface area contributed by atoms with Gasteiger partial charge in [-0.05, 0) is 25.9 Å².